The molecule has 0 radical (unpaired) electrons. The number of nitrogen functional groups attached to an aromatic ring is 1. The summed E-state index contributed by atoms with van der Waals surface area (Å²) in [5.41, 5.74) is 6.76. The summed E-state index contributed by atoms with van der Waals surface area (Å²) in [6.07, 6.45) is 3.41. The zero-order valence-corrected chi connectivity index (χ0v) is 15.8. The molecule has 3 aromatic heterocycles. The van der Waals surface area contributed by atoms with E-state index in [0.29, 0.717) is 22.2 Å². The van der Waals surface area contributed by atoms with E-state index in [1.54, 1.807) is 18.5 Å². The Balaban J connectivity index is 2.18. The van der Waals surface area contributed by atoms with Crippen molar-refractivity contribution in [1.82, 2.24) is 19.9 Å². The number of aromatic nitrogens is 4. The molecule has 0 aromatic carbocycles. The number of hydrogen-bond donors (Lipinski definition) is 2. The number of anilines is 2. The van der Waals surface area contributed by atoms with E-state index in [1.165, 1.54) is 18.9 Å². The molecule has 136 valence electrons. The molecule has 3 rings (SSSR count). The van der Waals surface area contributed by atoms with Gasteiger partial charge in [-0.3, -0.25) is 0 Å². The van der Waals surface area contributed by atoms with Gasteiger partial charge in [-0.1, -0.05) is 29.4 Å². The third-order valence-electron chi connectivity index (χ3n) is 3.76. The van der Waals surface area contributed by atoms with E-state index in [0.717, 1.165) is 5.56 Å². The molecule has 0 saturated heterocycles. The van der Waals surface area contributed by atoms with Gasteiger partial charge in [0.25, 0.3) is 0 Å². The number of halogens is 2. The fraction of sp³-hybridized carbons (Fsp3) is 0.250. The Morgan fingerprint density at radius 2 is 2.12 bits per heavy atom. The van der Waals surface area contributed by atoms with Crippen LogP contribution in [0.2, 0.25) is 5.15 Å². The van der Waals surface area contributed by atoms with Crippen molar-refractivity contribution in [3.8, 4) is 5.88 Å². The molecule has 1 atom stereocenters. The van der Waals surface area contributed by atoms with Crippen molar-refractivity contribution in [1.29, 1.82) is 0 Å². The van der Waals surface area contributed by atoms with Crippen molar-refractivity contribution >= 4 is 45.9 Å². The largest absolute Gasteiger partial charge is 0.480 e. The second kappa shape index (κ2) is 7.46. The van der Waals surface area contributed by atoms with Crippen LogP contribution < -0.4 is 15.8 Å². The van der Waals surface area contributed by atoms with Crippen LogP contribution in [0.25, 0.3) is 10.9 Å². The molecular formula is C16H16ClFN6OS. The van der Waals surface area contributed by atoms with Crippen LogP contribution in [-0.2, 0) is 0 Å². The average molecular weight is 395 g/mol. The molecule has 0 unspecified atom stereocenters. The summed E-state index contributed by atoms with van der Waals surface area (Å²) in [4.78, 5) is 16.7. The minimum absolute atomic E-state index is 0.0371. The predicted octanol–water partition coefficient (Wildman–Crippen LogP) is 3.70. The molecule has 10 heteroatoms. The smallest absolute Gasteiger partial charge is 0.228 e. The van der Waals surface area contributed by atoms with Crippen LogP contribution in [0, 0.1) is 5.82 Å². The molecule has 0 aliphatic rings. The van der Waals surface area contributed by atoms with Crippen LogP contribution >= 0.6 is 23.4 Å². The SMILES string of the molecule is COc1nc(Cl)c(F)c2nc(SC)nc(N[C@H](C)c3cccnc3N)c12. The van der Waals surface area contributed by atoms with Crippen molar-refractivity contribution in [3.05, 3.63) is 34.9 Å². The van der Waals surface area contributed by atoms with Crippen LogP contribution in [0.4, 0.5) is 16.0 Å². The van der Waals surface area contributed by atoms with Gasteiger partial charge in [-0.2, -0.15) is 4.98 Å². The number of nitrogens with one attached hydrogen (secondary N) is 1. The predicted molar refractivity (Wildman–Crippen MR) is 101 cm³/mol. The first-order chi connectivity index (χ1) is 12.5. The molecule has 0 spiro atoms. The standard InChI is InChI=1S/C16H16ClFN6OS/c1-7(8-5-4-6-20-13(8)19)21-14-9-11(22-16(24-14)26-3)10(18)12(17)23-15(9)25-2/h4-7H,1-3H3,(H2,19,20)(H,21,22,24)/t7-/m1/s1. The van der Waals surface area contributed by atoms with Crippen LogP contribution in [0.5, 0.6) is 5.88 Å². The van der Waals surface area contributed by atoms with Gasteiger partial charge in [0.15, 0.2) is 16.1 Å². The van der Waals surface area contributed by atoms with E-state index in [4.69, 9.17) is 22.1 Å². The topological polar surface area (TPSA) is 98.8 Å². The molecule has 26 heavy (non-hydrogen) atoms. The number of rotatable bonds is 5. The Labute approximate surface area is 158 Å². The van der Waals surface area contributed by atoms with E-state index in [2.05, 4.69) is 25.3 Å². The molecule has 0 aliphatic carbocycles. The molecule has 3 heterocycles. The van der Waals surface area contributed by atoms with Gasteiger partial charge in [0.05, 0.1) is 13.2 Å². The maximum Gasteiger partial charge on any atom is 0.228 e. The minimum Gasteiger partial charge on any atom is -0.480 e. The summed E-state index contributed by atoms with van der Waals surface area (Å²) in [7, 11) is 1.42. The van der Waals surface area contributed by atoms with E-state index >= 15 is 0 Å². The lowest BCUT2D eigenvalue weighted by Crippen LogP contribution is -2.13. The Kier molecular flexibility index (Phi) is 5.28. The summed E-state index contributed by atoms with van der Waals surface area (Å²) >= 11 is 7.14. The highest BCUT2D eigenvalue weighted by Crippen LogP contribution is 2.36. The Morgan fingerprint density at radius 1 is 1.35 bits per heavy atom. The van der Waals surface area contributed by atoms with E-state index in [9.17, 15) is 4.39 Å². The molecule has 0 saturated carbocycles. The van der Waals surface area contributed by atoms with Gasteiger partial charge < -0.3 is 15.8 Å². The van der Waals surface area contributed by atoms with E-state index in [1.807, 2.05) is 13.0 Å². The van der Waals surface area contributed by atoms with Crippen molar-refractivity contribution in [3.63, 3.8) is 0 Å². The number of hydrogen-bond acceptors (Lipinski definition) is 8. The van der Waals surface area contributed by atoms with Crippen molar-refractivity contribution < 1.29 is 9.13 Å². The van der Waals surface area contributed by atoms with Crippen molar-refractivity contribution in [2.75, 3.05) is 24.4 Å². The molecule has 7 nitrogen and oxygen atoms in total. The fourth-order valence-electron chi connectivity index (χ4n) is 2.52. The van der Waals surface area contributed by atoms with Crippen molar-refractivity contribution in [2.45, 2.75) is 18.1 Å². The van der Waals surface area contributed by atoms with Gasteiger partial charge >= 0.3 is 0 Å². The number of methoxy groups -OCH3 is 1. The number of pyridine rings is 2. The average Bonchev–Trinajstić information content (AvgIpc) is 2.64. The lowest BCUT2D eigenvalue weighted by atomic mass is 10.1. The fourth-order valence-corrected chi connectivity index (χ4v) is 3.05. The third kappa shape index (κ3) is 3.32. The summed E-state index contributed by atoms with van der Waals surface area (Å²) in [5, 5.41) is 3.61. The monoisotopic (exact) mass is 394 g/mol. The van der Waals surface area contributed by atoms with Crippen LogP contribution in [-0.4, -0.2) is 33.3 Å². The molecule has 0 bridgehead atoms. The minimum atomic E-state index is -0.725. The van der Waals surface area contributed by atoms with Gasteiger partial charge in [-0.25, -0.2) is 19.3 Å². The summed E-state index contributed by atoms with van der Waals surface area (Å²) in [6.45, 7) is 1.90. The summed E-state index contributed by atoms with van der Waals surface area (Å²) in [5.74, 6) is 0.176. The quantitative estimate of drug-likeness (QED) is 0.384. The van der Waals surface area contributed by atoms with Gasteiger partial charge in [-0.05, 0) is 19.2 Å². The summed E-state index contributed by atoms with van der Waals surface area (Å²) in [6, 6.07) is 3.39. The van der Waals surface area contributed by atoms with Crippen LogP contribution in [0.3, 0.4) is 0 Å². The number of ether oxygens (including phenoxy) is 1. The molecule has 0 fully saturated rings. The molecule has 3 N–H and O–H groups in total. The Morgan fingerprint density at radius 3 is 2.77 bits per heavy atom. The molecular weight excluding hydrogens is 379 g/mol. The summed E-state index contributed by atoms with van der Waals surface area (Å²) < 4.78 is 19.8. The van der Waals surface area contributed by atoms with Crippen molar-refractivity contribution in [2.24, 2.45) is 0 Å². The molecule has 0 amide bonds. The number of nitrogens with two attached hydrogens (primary N) is 1. The maximum atomic E-state index is 14.5. The first-order valence-electron chi connectivity index (χ1n) is 7.57. The highest BCUT2D eigenvalue weighted by molar-refractivity contribution is 7.98. The normalized spacial score (nSPS) is 12.2. The number of fused-ring (bicyclic) bond motifs is 1. The molecule has 0 aliphatic heterocycles. The van der Waals surface area contributed by atoms with E-state index in [-0.39, 0.29) is 22.6 Å². The Hall–Kier alpha value is -2.39. The van der Waals surface area contributed by atoms with Crippen LogP contribution in [0.15, 0.2) is 23.5 Å². The first-order valence-corrected chi connectivity index (χ1v) is 9.18. The van der Waals surface area contributed by atoms with Crippen LogP contribution in [0.1, 0.15) is 18.5 Å². The first kappa shape index (κ1) is 18.4. The zero-order chi connectivity index (χ0) is 18.8. The number of nitrogens with zero attached hydrogens (tertiary/aromatic N) is 4. The lowest BCUT2D eigenvalue weighted by molar-refractivity contribution is 0.402. The molecule has 3 aromatic rings. The van der Waals surface area contributed by atoms with Gasteiger partial charge in [0.2, 0.25) is 5.88 Å². The highest BCUT2D eigenvalue weighted by atomic mass is 35.5. The van der Waals surface area contributed by atoms with E-state index < -0.39 is 5.82 Å². The maximum absolute atomic E-state index is 14.5. The Bertz CT molecular complexity index is 973. The third-order valence-corrected chi connectivity index (χ3v) is 4.56. The van der Waals surface area contributed by atoms with Gasteiger partial charge in [0.1, 0.15) is 22.5 Å². The second-order valence-electron chi connectivity index (χ2n) is 5.35. The van der Waals surface area contributed by atoms with Gasteiger partial charge in [-0.15, -0.1) is 0 Å². The second-order valence-corrected chi connectivity index (χ2v) is 6.48. The zero-order valence-electron chi connectivity index (χ0n) is 14.2. The van der Waals surface area contributed by atoms with Gasteiger partial charge in [0, 0.05) is 11.8 Å². The highest BCUT2D eigenvalue weighted by Gasteiger charge is 2.22. The lowest BCUT2D eigenvalue weighted by Gasteiger charge is -2.18. The number of thioether (sulfide) groups is 1.